The second-order valence-electron chi connectivity index (χ2n) is 5.68. The normalized spacial score (nSPS) is 10.5. The number of anilines is 1. The summed E-state index contributed by atoms with van der Waals surface area (Å²) in [5, 5.41) is 16.2. The van der Waals surface area contributed by atoms with Crippen LogP contribution in [0.2, 0.25) is 0 Å². The lowest BCUT2D eigenvalue weighted by Gasteiger charge is -2.09. The molecule has 2 N–H and O–H groups in total. The Morgan fingerprint density at radius 1 is 1.10 bits per heavy atom. The highest BCUT2D eigenvalue weighted by molar-refractivity contribution is 6.01. The second kappa shape index (κ2) is 9.65. The van der Waals surface area contributed by atoms with Crippen LogP contribution in [0.25, 0.3) is 0 Å². The summed E-state index contributed by atoms with van der Waals surface area (Å²) < 4.78 is 11.9. The van der Waals surface area contributed by atoms with Crippen LogP contribution in [0.4, 0.5) is 10.5 Å². The zero-order valence-corrected chi connectivity index (χ0v) is 15.5. The smallest absolute Gasteiger partial charge is 0.325 e. The van der Waals surface area contributed by atoms with Gasteiger partial charge >= 0.3 is 6.03 Å². The minimum absolute atomic E-state index is 0.306. The maximum atomic E-state index is 11.9. The van der Waals surface area contributed by atoms with Crippen LogP contribution in [0.3, 0.4) is 0 Å². The van der Waals surface area contributed by atoms with Crippen molar-refractivity contribution in [1.82, 2.24) is 20.2 Å². The van der Waals surface area contributed by atoms with E-state index in [1.165, 1.54) is 24.4 Å². The molecule has 0 atom stereocenters. The molecule has 0 aliphatic carbocycles. The molecule has 0 fully saturated rings. The van der Waals surface area contributed by atoms with Gasteiger partial charge in [-0.1, -0.05) is 6.07 Å². The predicted octanol–water partition coefficient (Wildman–Crippen LogP) is 1.90. The van der Waals surface area contributed by atoms with E-state index < -0.39 is 11.9 Å². The first-order valence-corrected chi connectivity index (χ1v) is 8.49. The van der Waals surface area contributed by atoms with Crippen molar-refractivity contribution in [3.8, 4) is 11.5 Å². The number of rotatable bonds is 7. The SMILES string of the molecule is COc1cccc(NC(=O)NC(=O)COc2ccc(C=Nn3cnnc3)cc2)c1. The Morgan fingerprint density at radius 3 is 2.59 bits per heavy atom. The highest BCUT2D eigenvalue weighted by Crippen LogP contribution is 2.16. The molecule has 1 heterocycles. The number of urea groups is 1. The molecule has 2 aromatic carbocycles. The second-order valence-corrected chi connectivity index (χ2v) is 5.68. The van der Waals surface area contributed by atoms with Gasteiger partial charge in [-0.2, -0.15) is 5.10 Å². The summed E-state index contributed by atoms with van der Waals surface area (Å²) in [4.78, 5) is 23.8. The lowest BCUT2D eigenvalue weighted by molar-refractivity contribution is -0.121. The van der Waals surface area contributed by atoms with E-state index in [4.69, 9.17) is 9.47 Å². The van der Waals surface area contributed by atoms with Gasteiger partial charge in [-0.15, -0.1) is 10.2 Å². The average Bonchev–Trinajstić information content (AvgIpc) is 3.25. The number of benzene rings is 2. The van der Waals surface area contributed by atoms with E-state index in [0.717, 1.165) is 5.56 Å². The van der Waals surface area contributed by atoms with Crippen molar-refractivity contribution in [2.45, 2.75) is 0 Å². The molecular weight excluding hydrogens is 376 g/mol. The van der Waals surface area contributed by atoms with Gasteiger partial charge in [0.1, 0.15) is 24.2 Å². The van der Waals surface area contributed by atoms with Gasteiger partial charge in [0.2, 0.25) is 0 Å². The third-order valence-electron chi connectivity index (χ3n) is 3.58. The molecule has 29 heavy (non-hydrogen) atoms. The highest BCUT2D eigenvalue weighted by Gasteiger charge is 2.09. The molecule has 0 bridgehead atoms. The van der Waals surface area contributed by atoms with E-state index in [-0.39, 0.29) is 6.61 Å². The Balaban J connectivity index is 1.44. The van der Waals surface area contributed by atoms with Gasteiger partial charge < -0.3 is 14.8 Å². The first kappa shape index (κ1) is 19.5. The first-order valence-electron chi connectivity index (χ1n) is 8.49. The summed E-state index contributed by atoms with van der Waals surface area (Å²) in [5.74, 6) is 0.492. The number of nitrogens with one attached hydrogen (secondary N) is 2. The van der Waals surface area contributed by atoms with E-state index in [1.54, 1.807) is 54.7 Å². The van der Waals surface area contributed by atoms with E-state index in [9.17, 15) is 9.59 Å². The molecule has 3 amide bonds. The summed E-state index contributed by atoms with van der Waals surface area (Å²) >= 11 is 0. The Labute approximate surface area is 166 Å². The van der Waals surface area contributed by atoms with Crippen LogP contribution < -0.4 is 20.1 Å². The van der Waals surface area contributed by atoms with Crippen molar-refractivity contribution in [2.75, 3.05) is 19.0 Å². The fourth-order valence-corrected chi connectivity index (χ4v) is 2.21. The Morgan fingerprint density at radius 2 is 1.86 bits per heavy atom. The number of methoxy groups -OCH3 is 1. The molecule has 3 rings (SSSR count). The number of nitrogens with zero attached hydrogens (tertiary/aromatic N) is 4. The quantitative estimate of drug-likeness (QED) is 0.591. The van der Waals surface area contributed by atoms with Gasteiger partial charge in [0.05, 0.1) is 13.3 Å². The van der Waals surface area contributed by atoms with Crippen molar-refractivity contribution >= 4 is 23.8 Å². The molecule has 0 aliphatic heterocycles. The molecule has 0 saturated carbocycles. The van der Waals surface area contributed by atoms with Crippen molar-refractivity contribution in [3.63, 3.8) is 0 Å². The number of aromatic nitrogens is 3. The molecule has 0 unspecified atom stereocenters. The van der Waals surface area contributed by atoms with E-state index in [0.29, 0.717) is 17.2 Å². The molecule has 0 saturated heterocycles. The Hall–Kier alpha value is -4.21. The number of hydrogen-bond acceptors (Lipinski definition) is 7. The first-order chi connectivity index (χ1) is 14.1. The molecule has 1 aromatic heterocycles. The summed E-state index contributed by atoms with van der Waals surface area (Å²) in [5.41, 5.74) is 1.33. The molecule has 0 aliphatic rings. The average molecular weight is 394 g/mol. The third-order valence-corrected chi connectivity index (χ3v) is 3.58. The standard InChI is InChI=1S/C19H18N6O4/c1-28-17-4-2-3-15(9-17)23-19(27)24-18(26)11-29-16-7-5-14(6-8-16)10-22-25-12-20-21-13-25/h2-10,12-13H,11H2,1H3,(H2,23,24,26,27). The maximum absolute atomic E-state index is 11.9. The highest BCUT2D eigenvalue weighted by atomic mass is 16.5. The molecule has 0 radical (unpaired) electrons. The molecular formula is C19H18N6O4. The number of imide groups is 1. The van der Waals surface area contributed by atoms with E-state index >= 15 is 0 Å². The number of carbonyl (C=O) groups excluding carboxylic acids is 2. The van der Waals surface area contributed by atoms with Crippen molar-refractivity contribution in [2.24, 2.45) is 5.10 Å². The minimum Gasteiger partial charge on any atom is -0.497 e. The lowest BCUT2D eigenvalue weighted by Crippen LogP contribution is -2.37. The van der Waals surface area contributed by atoms with Crippen LogP contribution in [0.1, 0.15) is 5.56 Å². The molecule has 10 heteroatoms. The van der Waals surface area contributed by atoms with Crippen LogP contribution in [-0.2, 0) is 4.79 Å². The van der Waals surface area contributed by atoms with Crippen LogP contribution >= 0.6 is 0 Å². The van der Waals surface area contributed by atoms with E-state index in [1.807, 2.05) is 0 Å². The summed E-state index contributed by atoms with van der Waals surface area (Å²) in [7, 11) is 1.52. The van der Waals surface area contributed by atoms with Crippen LogP contribution in [0, 0.1) is 0 Å². The van der Waals surface area contributed by atoms with Crippen molar-refractivity contribution < 1.29 is 19.1 Å². The van der Waals surface area contributed by atoms with Crippen molar-refractivity contribution in [3.05, 3.63) is 66.7 Å². The zero-order valence-electron chi connectivity index (χ0n) is 15.5. The molecule has 148 valence electrons. The lowest BCUT2D eigenvalue weighted by atomic mass is 10.2. The fraction of sp³-hybridized carbons (Fsp3) is 0.105. The number of carbonyl (C=O) groups is 2. The van der Waals surface area contributed by atoms with Crippen molar-refractivity contribution in [1.29, 1.82) is 0 Å². The molecule has 3 aromatic rings. The maximum Gasteiger partial charge on any atom is 0.325 e. The summed E-state index contributed by atoms with van der Waals surface area (Å²) in [6, 6.07) is 13.1. The van der Waals surface area contributed by atoms with E-state index in [2.05, 4.69) is 25.9 Å². The minimum atomic E-state index is -0.660. The largest absolute Gasteiger partial charge is 0.497 e. The fourth-order valence-electron chi connectivity index (χ4n) is 2.21. The van der Waals surface area contributed by atoms with Gasteiger partial charge in [0.25, 0.3) is 5.91 Å². The van der Waals surface area contributed by atoms with Gasteiger partial charge in [-0.25, -0.2) is 9.47 Å². The Bertz CT molecular complexity index is 986. The van der Waals surface area contributed by atoms with Crippen LogP contribution in [-0.4, -0.2) is 46.7 Å². The predicted molar refractivity (Wildman–Crippen MR) is 105 cm³/mol. The van der Waals surface area contributed by atoms with Crippen LogP contribution in [0.5, 0.6) is 11.5 Å². The van der Waals surface area contributed by atoms with Gasteiger partial charge in [0.15, 0.2) is 6.61 Å². The van der Waals surface area contributed by atoms with Gasteiger partial charge in [-0.3, -0.25) is 10.1 Å². The number of ether oxygens (including phenoxy) is 2. The molecule has 10 nitrogen and oxygen atoms in total. The van der Waals surface area contributed by atoms with Crippen LogP contribution in [0.15, 0.2) is 66.3 Å². The monoisotopic (exact) mass is 394 g/mol. The third kappa shape index (κ3) is 6.17. The summed E-state index contributed by atoms with van der Waals surface area (Å²) in [6.07, 6.45) is 4.57. The van der Waals surface area contributed by atoms with Gasteiger partial charge in [-0.05, 0) is 42.0 Å². The zero-order chi connectivity index (χ0) is 20.5. The molecule has 0 spiro atoms. The van der Waals surface area contributed by atoms with Gasteiger partial charge in [0, 0.05) is 11.8 Å². The Kier molecular flexibility index (Phi) is 6.50. The number of hydrogen-bond donors (Lipinski definition) is 2. The summed E-state index contributed by atoms with van der Waals surface area (Å²) in [6.45, 7) is -0.306. The number of amides is 3. The topological polar surface area (TPSA) is 120 Å².